The minimum absolute atomic E-state index is 0.870. The fourth-order valence-electron chi connectivity index (χ4n) is 7.56. The summed E-state index contributed by atoms with van der Waals surface area (Å²) in [5.41, 5.74) is 10.9. The lowest BCUT2D eigenvalue weighted by Crippen LogP contribution is -2.10. The molecule has 2 aromatic heterocycles. The predicted molar refractivity (Wildman–Crippen MR) is 206 cm³/mol. The van der Waals surface area contributed by atoms with Gasteiger partial charge < -0.3 is 13.9 Å². The molecule has 8 aromatic carbocycles. The van der Waals surface area contributed by atoms with Gasteiger partial charge in [0, 0.05) is 38.6 Å². The highest BCUT2D eigenvalue weighted by Gasteiger charge is 2.22. The third-order valence-electron chi connectivity index (χ3n) is 9.75. The van der Waals surface area contributed by atoms with E-state index in [4.69, 9.17) is 4.42 Å². The van der Waals surface area contributed by atoms with E-state index >= 15 is 0 Å². The number of hydrogen-bond donors (Lipinski definition) is 0. The first-order valence-corrected chi connectivity index (χ1v) is 16.7. The Morgan fingerprint density at radius 2 is 1.12 bits per heavy atom. The Labute approximate surface area is 283 Å². The standard InChI is InChI=1S/C46H30N2O/c1-3-13-31(14-4-1)33-16-11-19-35(29-33)47(43-23-12-24-44-45(43)39-27-25-32-15-7-8-20-37(32)46(39)49-44)36-26-28-42-40(30-36)38-21-9-10-22-41(38)48(42)34-17-5-2-6-18-34/h1-30H. The van der Waals surface area contributed by atoms with E-state index < -0.39 is 0 Å². The van der Waals surface area contributed by atoms with Crippen molar-refractivity contribution in [2.45, 2.75) is 0 Å². The Kier molecular flexibility index (Phi) is 6.18. The van der Waals surface area contributed by atoms with E-state index in [2.05, 4.69) is 191 Å². The van der Waals surface area contributed by atoms with Crippen LogP contribution in [0, 0.1) is 0 Å². The van der Waals surface area contributed by atoms with Crippen LogP contribution in [-0.2, 0) is 0 Å². The van der Waals surface area contributed by atoms with Crippen LogP contribution in [0.25, 0.3) is 71.3 Å². The number of anilines is 3. The normalized spacial score (nSPS) is 11.7. The number of para-hydroxylation sites is 2. The van der Waals surface area contributed by atoms with Crippen LogP contribution < -0.4 is 4.90 Å². The molecule has 0 bridgehead atoms. The molecule has 3 nitrogen and oxygen atoms in total. The lowest BCUT2D eigenvalue weighted by atomic mass is 10.0. The van der Waals surface area contributed by atoms with Gasteiger partial charge >= 0.3 is 0 Å². The zero-order chi connectivity index (χ0) is 32.3. The van der Waals surface area contributed by atoms with Crippen molar-refractivity contribution in [3.8, 4) is 16.8 Å². The van der Waals surface area contributed by atoms with Crippen LogP contribution in [0.2, 0.25) is 0 Å². The van der Waals surface area contributed by atoms with Crippen molar-refractivity contribution >= 4 is 71.6 Å². The van der Waals surface area contributed by atoms with Gasteiger partial charge in [-0.15, -0.1) is 0 Å². The van der Waals surface area contributed by atoms with Crippen LogP contribution in [0.15, 0.2) is 186 Å². The second kappa shape index (κ2) is 11.0. The van der Waals surface area contributed by atoms with Crippen molar-refractivity contribution in [1.82, 2.24) is 4.57 Å². The van der Waals surface area contributed by atoms with E-state index in [9.17, 15) is 0 Å². The highest BCUT2D eigenvalue weighted by Crippen LogP contribution is 2.46. The highest BCUT2D eigenvalue weighted by molar-refractivity contribution is 6.20. The molecule has 0 unspecified atom stereocenters. The van der Waals surface area contributed by atoms with Gasteiger partial charge in [0.1, 0.15) is 11.2 Å². The van der Waals surface area contributed by atoms with Gasteiger partial charge in [-0.2, -0.15) is 0 Å². The van der Waals surface area contributed by atoms with Gasteiger partial charge in [-0.05, 0) is 83.2 Å². The molecule has 0 aliphatic heterocycles. The van der Waals surface area contributed by atoms with Crippen LogP contribution in [0.4, 0.5) is 17.1 Å². The van der Waals surface area contributed by atoms with Gasteiger partial charge in [-0.25, -0.2) is 0 Å². The molecule has 0 spiro atoms. The lowest BCUT2D eigenvalue weighted by Gasteiger charge is -2.27. The number of aromatic nitrogens is 1. The van der Waals surface area contributed by atoms with E-state index in [1.807, 2.05) is 0 Å². The topological polar surface area (TPSA) is 21.3 Å². The number of rotatable bonds is 5. The van der Waals surface area contributed by atoms with Crippen LogP contribution in [0.1, 0.15) is 0 Å². The van der Waals surface area contributed by atoms with Crippen molar-refractivity contribution < 1.29 is 4.42 Å². The summed E-state index contributed by atoms with van der Waals surface area (Å²) in [5, 5.41) is 6.92. The van der Waals surface area contributed by atoms with Crippen molar-refractivity contribution in [2.75, 3.05) is 4.90 Å². The Morgan fingerprint density at radius 3 is 2.00 bits per heavy atom. The summed E-state index contributed by atoms with van der Waals surface area (Å²) in [5.74, 6) is 0. The summed E-state index contributed by atoms with van der Waals surface area (Å²) in [6, 6.07) is 64.9. The van der Waals surface area contributed by atoms with Gasteiger partial charge in [0.2, 0.25) is 0 Å². The molecule has 0 radical (unpaired) electrons. The minimum atomic E-state index is 0.870. The van der Waals surface area contributed by atoms with Crippen LogP contribution in [0.3, 0.4) is 0 Å². The third kappa shape index (κ3) is 4.37. The molecule has 3 heteroatoms. The summed E-state index contributed by atoms with van der Waals surface area (Å²) in [6.07, 6.45) is 0. The maximum absolute atomic E-state index is 6.67. The first kappa shape index (κ1) is 27.5. The molecular weight excluding hydrogens is 597 g/mol. The molecule has 10 aromatic rings. The number of fused-ring (bicyclic) bond motifs is 8. The van der Waals surface area contributed by atoms with E-state index in [1.54, 1.807) is 0 Å². The fourth-order valence-corrected chi connectivity index (χ4v) is 7.56. The van der Waals surface area contributed by atoms with Crippen molar-refractivity contribution in [2.24, 2.45) is 0 Å². The number of nitrogens with zero attached hydrogens (tertiary/aromatic N) is 2. The van der Waals surface area contributed by atoms with Crippen LogP contribution in [-0.4, -0.2) is 4.57 Å². The SMILES string of the molecule is c1ccc(-c2cccc(N(c3ccc4c(c3)c3ccccc3n4-c3ccccc3)c3cccc4oc5c6ccccc6ccc5c34)c2)cc1. The summed E-state index contributed by atoms with van der Waals surface area (Å²) < 4.78 is 9.04. The van der Waals surface area contributed by atoms with Crippen LogP contribution >= 0.6 is 0 Å². The van der Waals surface area contributed by atoms with Crippen molar-refractivity contribution in [1.29, 1.82) is 0 Å². The highest BCUT2D eigenvalue weighted by atomic mass is 16.3. The summed E-state index contributed by atoms with van der Waals surface area (Å²) in [7, 11) is 0. The Hall–Kier alpha value is -6.58. The zero-order valence-corrected chi connectivity index (χ0v) is 26.6. The molecule has 0 saturated carbocycles. The predicted octanol–water partition coefficient (Wildman–Crippen LogP) is 13.0. The smallest absolute Gasteiger partial charge is 0.143 e. The van der Waals surface area contributed by atoms with Gasteiger partial charge in [0.15, 0.2) is 0 Å². The Balaban J connectivity index is 1.27. The molecule has 230 valence electrons. The van der Waals surface area contributed by atoms with E-state index in [0.29, 0.717) is 0 Å². The summed E-state index contributed by atoms with van der Waals surface area (Å²) in [4.78, 5) is 2.40. The van der Waals surface area contributed by atoms with E-state index in [0.717, 1.165) is 50.1 Å². The summed E-state index contributed by atoms with van der Waals surface area (Å²) in [6.45, 7) is 0. The fraction of sp³-hybridized carbons (Fsp3) is 0. The molecule has 49 heavy (non-hydrogen) atoms. The number of benzene rings is 8. The molecule has 0 saturated heterocycles. The maximum Gasteiger partial charge on any atom is 0.143 e. The average molecular weight is 627 g/mol. The molecule has 0 aliphatic carbocycles. The first-order valence-electron chi connectivity index (χ1n) is 16.7. The second-order valence-corrected chi connectivity index (χ2v) is 12.6. The third-order valence-corrected chi connectivity index (χ3v) is 9.75. The first-order chi connectivity index (χ1) is 24.3. The average Bonchev–Trinajstić information content (AvgIpc) is 3.72. The van der Waals surface area contributed by atoms with Crippen molar-refractivity contribution in [3.63, 3.8) is 0 Å². The zero-order valence-electron chi connectivity index (χ0n) is 26.6. The molecule has 2 heterocycles. The van der Waals surface area contributed by atoms with Gasteiger partial charge in [0.25, 0.3) is 0 Å². The molecule has 0 amide bonds. The second-order valence-electron chi connectivity index (χ2n) is 12.6. The van der Waals surface area contributed by atoms with E-state index in [1.165, 1.54) is 38.3 Å². The molecule has 0 N–H and O–H groups in total. The maximum atomic E-state index is 6.67. The Morgan fingerprint density at radius 1 is 0.429 bits per heavy atom. The summed E-state index contributed by atoms with van der Waals surface area (Å²) >= 11 is 0. The minimum Gasteiger partial charge on any atom is -0.455 e. The Bertz CT molecular complexity index is 2830. The van der Waals surface area contributed by atoms with Gasteiger partial charge in [0.05, 0.1) is 22.1 Å². The van der Waals surface area contributed by atoms with Gasteiger partial charge in [-0.3, -0.25) is 0 Å². The number of furan rings is 1. The van der Waals surface area contributed by atoms with Crippen molar-refractivity contribution in [3.05, 3.63) is 182 Å². The quantitative estimate of drug-likeness (QED) is 0.190. The molecule has 0 aliphatic rings. The van der Waals surface area contributed by atoms with E-state index in [-0.39, 0.29) is 0 Å². The molecule has 0 atom stereocenters. The molecule has 0 fully saturated rings. The molecule has 10 rings (SSSR count). The monoisotopic (exact) mass is 626 g/mol. The van der Waals surface area contributed by atoms with Crippen LogP contribution in [0.5, 0.6) is 0 Å². The lowest BCUT2D eigenvalue weighted by molar-refractivity contribution is 0.672. The number of hydrogen-bond acceptors (Lipinski definition) is 2. The largest absolute Gasteiger partial charge is 0.455 e. The molecular formula is C46H30N2O. The van der Waals surface area contributed by atoms with Gasteiger partial charge in [-0.1, -0.05) is 115 Å².